The molecule has 0 bridgehead atoms. The molecular formula is C25H36N8O2. The lowest BCUT2D eigenvalue weighted by Gasteiger charge is -2.38. The molecule has 3 N–H and O–H groups in total. The Hall–Kier alpha value is -3.27. The zero-order valence-corrected chi connectivity index (χ0v) is 21.2. The van der Waals surface area contributed by atoms with Gasteiger partial charge < -0.3 is 20.0 Å². The summed E-state index contributed by atoms with van der Waals surface area (Å²) >= 11 is 0. The summed E-state index contributed by atoms with van der Waals surface area (Å²) in [5.74, 6) is 3.20. The van der Waals surface area contributed by atoms with Crippen LogP contribution in [0.1, 0.15) is 74.7 Å². The maximum atomic E-state index is 14.0. The van der Waals surface area contributed by atoms with Gasteiger partial charge in [-0.1, -0.05) is 34.6 Å². The number of rotatable bonds is 8. The molecule has 0 radical (unpaired) electrons. The number of hydrogen-bond acceptors (Lipinski definition) is 8. The Kier molecular flexibility index (Phi) is 7.49. The van der Waals surface area contributed by atoms with Crippen LogP contribution in [0.4, 0.5) is 5.82 Å². The Morgan fingerprint density at radius 1 is 1.29 bits per heavy atom. The minimum Gasteiger partial charge on any atom is -0.467 e. The lowest BCUT2D eigenvalue weighted by molar-refractivity contribution is 0.0607. The van der Waals surface area contributed by atoms with E-state index in [0.717, 1.165) is 31.1 Å². The van der Waals surface area contributed by atoms with E-state index in [1.165, 1.54) is 6.33 Å². The van der Waals surface area contributed by atoms with Crippen LogP contribution in [-0.4, -0.2) is 61.6 Å². The predicted octanol–water partition coefficient (Wildman–Crippen LogP) is 3.34. The minimum absolute atomic E-state index is 0.00830. The highest BCUT2D eigenvalue weighted by Crippen LogP contribution is 2.27. The zero-order chi connectivity index (χ0) is 25.0. The van der Waals surface area contributed by atoms with Crippen molar-refractivity contribution in [1.29, 1.82) is 0 Å². The second-order valence-corrected chi connectivity index (χ2v) is 10.6. The average Bonchev–Trinajstić information content (AvgIpc) is 3.54. The molecule has 1 aliphatic heterocycles. The van der Waals surface area contributed by atoms with Crippen LogP contribution in [0.3, 0.4) is 0 Å². The van der Waals surface area contributed by atoms with E-state index < -0.39 is 0 Å². The van der Waals surface area contributed by atoms with E-state index >= 15 is 0 Å². The Labute approximate surface area is 206 Å². The van der Waals surface area contributed by atoms with Gasteiger partial charge in [0.2, 0.25) is 0 Å². The van der Waals surface area contributed by atoms with Gasteiger partial charge >= 0.3 is 0 Å². The van der Waals surface area contributed by atoms with Crippen molar-refractivity contribution in [3.8, 4) is 0 Å². The van der Waals surface area contributed by atoms with E-state index in [2.05, 4.69) is 65.4 Å². The molecule has 3 aromatic rings. The molecule has 4 rings (SSSR count). The molecule has 10 nitrogen and oxygen atoms in total. The lowest BCUT2D eigenvalue weighted by Crippen LogP contribution is -2.52. The van der Waals surface area contributed by atoms with Gasteiger partial charge in [0.15, 0.2) is 0 Å². The summed E-state index contributed by atoms with van der Waals surface area (Å²) in [4.78, 5) is 29.7. The van der Waals surface area contributed by atoms with E-state index in [1.54, 1.807) is 12.5 Å². The third kappa shape index (κ3) is 6.05. The first-order valence-electron chi connectivity index (χ1n) is 12.2. The van der Waals surface area contributed by atoms with Gasteiger partial charge in [-0.25, -0.2) is 15.0 Å². The molecule has 1 aliphatic rings. The van der Waals surface area contributed by atoms with Gasteiger partial charge in [-0.3, -0.25) is 9.89 Å². The number of aromatic amines is 1. The fraction of sp³-hybridized carbons (Fsp3) is 0.560. The number of piperidine rings is 1. The van der Waals surface area contributed by atoms with Gasteiger partial charge in [0.1, 0.15) is 35.1 Å². The fourth-order valence-corrected chi connectivity index (χ4v) is 4.34. The molecule has 0 aliphatic carbocycles. The molecule has 188 valence electrons. The molecule has 0 saturated carbocycles. The second kappa shape index (κ2) is 10.6. The number of aromatic nitrogens is 5. The van der Waals surface area contributed by atoms with Crippen LogP contribution in [0, 0.1) is 5.92 Å². The molecule has 1 saturated heterocycles. The largest absolute Gasteiger partial charge is 0.467 e. The van der Waals surface area contributed by atoms with E-state index in [1.807, 2.05) is 17.0 Å². The third-order valence-corrected chi connectivity index (χ3v) is 6.11. The Balaban J connectivity index is 1.63. The van der Waals surface area contributed by atoms with E-state index in [-0.39, 0.29) is 23.3 Å². The summed E-state index contributed by atoms with van der Waals surface area (Å²) in [5.41, 5.74) is 0.213. The number of nitrogens with zero attached hydrogens (tertiary/aromatic N) is 5. The molecule has 1 fully saturated rings. The normalized spacial score (nSPS) is 18.6. The topological polar surface area (TPSA) is 125 Å². The highest BCUT2D eigenvalue weighted by Gasteiger charge is 2.34. The quantitative estimate of drug-likeness (QED) is 0.448. The maximum absolute atomic E-state index is 14.0. The summed E-state index contributed by atoms with van der Waals surface area (Å²) in [6, 6.07) is 3.74. The van der Waals surface area contributed by atoms with Crippen molar-refractivity contribution in [2.75, 3.05) is 25.0 Å². The minimum atomic E-state index is -0.252. The Morgan fingerprint density at radius 2 is 2.11 bits per heavy atom. The van der Waals surface area contributed by atoms with Crippen LogP contribution >= 0.6 is 0 Å². The Morgan fingerprint density at radius 3 is 2.77 bits per heavy atom. The molecule has 2 atom stereocenters. The summed E-state index contributed by atoms with van der Waals surface area (Å²) in [5, 5.41) is 13.8. The average molecular weight is 481 g/mol. The molecule has 35 heavy (non-hydrogen) atoms. The van der Waals surface area contributed by atoms with E-state index in [0.29, 0.717) is 36.2 Å². The van der Waals surface area contributed by atoms with Crippen molar-refractivity contribution in [2.45, 2.75) is 65.0 Å². The van der Waals surface area contributed by atoms with Crippen LogP contribution in [0.2, 0.25) is 0 Å². The molecule has 1 amide bonds. The first-order chi connectivity index (χ1) is 16.7. The van der Waals surface area contributed by atoms with E-state index in [9.17, 15) is 4.79 Å². The number of amides is 1. The van der Waals surface area contributed by atoms with Gasteiger partial charge in [-0.05, 0) is 24.5 Å². The molecule has 3 aromatic heterocycles. The lowest BCUT2D eigenvalue weighted by atomic mass is 9.93. The standard InChI is InChI=1S/C25H36N8O2/c1-16(2)14-33(18-9-17(10-26-11-18)21-29-15-30-32-21)23(34)20-13-28-24(25(3,4)5)31-22(20)27-12-19-7-6-8-35-19/h6-8,13,15-18,26H,9-12,14H2,1-5H3,(H,27,28,31)(H,29,30,32)/t17-,18+/m1/s1. The van der Waals surface area contributed by atoms with Crippen LogP contribution in [-0.2, 0) is 12.0 Å². The molecule has 0 unspecified atom stereocenters. The summed E-state index contributed by atoms with van der Waals surface area (Å²) < 4.78 is 5.47. The highest BCUT2D eigenvalue weighted by molar-refractivity contribution is 5.98. The van der Waals surface area contributed by atoms with Crippen LogP contribution in [0.5, 0.6) is 0 Å². The molecule has 0 aromatic carbocycles. The van der Waals surface area contributed by atoms with E-state index in [4.69, 9.17) is 9.40 Å². The number of hydrogen-bond donors (Lipinski definition) is 3. The number of nitrogens with one attached hydrogen (secondary N) is 3. The van der Waals surface area contributed by atoms with Crippen molar-refractivity contribution in [1.82, 2.24) is 35.4 Å². The van der Waals surface area contributed by atoms with Gasteiger partial charge in [0, 0.05) is 43.2 Å². The van der Waals surface area contributed by atoms with Gasteiger partial charge in [0.05, 0.1) is 12.8 Å². The second-order valence-electron chi connectivity index (χ2n) is 10.6. The highest BCUT2D eigenvalue weighted by atomic mass is 16.3. The van der Waals surface area contributed by atoms with Crippen LogP contribution in [0.25, 0.3) is 0 Å². The predicted molar refractivity (Wildman–Crippen MR) is 133 cm³/mol. The van der Waals surface area contributed by atoms with Gasteiger partial charge in [0.25, 0.3) is 5.91 Å². The molecular weight excluding hydrogens is 444 g/mol. The smallest absolute Gasteiger partial charge is 0.259 e. The Bertz CT molecular complexity index is 1090. The fourth-order valence-electron chi connectivity index (χ4n) is 4.34. The van der Waals surface area contributed by atoms with Crippen molar-refractivity contribution >= 4 is 11.7 Å². The van der Waals surface area contributed by atoms with Crippen molar-refractivity contribution < 1.29 is 9.21 Å². The first kappa shape index (κ1) is 24.8. The number of anilines is 1. The molecule has 0 spiro atoms. The number of carbonyl (C=O) groups excluding carboxylic acids is 1. The summed E-state index contributed by atoms with van der Waals surface area (Å²) in [6.07, 6.45) is 5.63. The number of furan rings is 1. The molecule has 4 heterocycles. The number of carbonyl (C=O) groups is 1. The van der Waals surface area contributed by atoms with Crippen molar-refractivity contribution in [3.63, 3.8) is 0 Å². The zero-order valence-electron chi connectivity index (χ0n) is 21.2. The van der Waals surface area contributed by atoms with Crippen LogP contribution < -0.4 is 10.6 Å². The van der Waals surface area contributed by atoms with Crippen molar-refractivity contribution in [3.05, 3.63) is 53.9 Å². The summed E-state index contributed by atoms with van der Waals surface area (Å²) in [6.45, 7) is 13.0. The molecule has 10 heteroatoms. The SMILES string of the molecule is CC(C)CN(C(=O)c1cnc(C(C)(C)C)nc1NCc1ccco1)[C@@H]1CNC[C@H](c2ncn[nH]2)C1. The van der Waals surface area contributed by atoms with Crippen molar-refractivity contribution in [2.24, 2.45) is 5.92 Å². The number of H-pyrrole nitrogens is 1. The van der Waals surface area contributed by atoms with Gasteiger partial charge in [-0.15, -0.1) is 0 Å². The van der Waals surface area contributed by atoms with Gasteiger partial charge in [-0.2, -0.15) is 5.10 Å². The maximum Gasteiger partial charge on any atom is 0.259 e. The first-order valence-corrected chi connectivity index (χ1v) is 12.2. The summed E-state index contributed by atoms with van der Waals surface area (Å²) in [7, 11) is 0. The third-order valence-electron chi connectivity index (χ3n) is 6.11. The van der Waals surface area contributed by atoms with Crippen LogP contribution in [0.15, 0.2) is 35.3 Å². The monoisotopic (exact) mass is 480 g/mol.